The van der Waals surface area contributed by atoms with Crippen molar-refractivity contribution in [2.24, 2.45) is 0 Å². The Morgan fingerprint density at radius 1 is 0.561 bits per heavy atom. The summed E-state index contributed by atoms with van der Waals surface area (Å²) in [7, 11) is 0. The zero-order valence-corrected chi connectivity index (χ0v) is 48.0. The van der Waals surface area contributed by atoms with Crippen molar-refractivity contribution in [3.05, 3.63) is 235 Å². The van der Waals surface area contributed by atoms with Gasteiger partial charge in [-0.05, 0) is 148 Å². The van der Waals surface area contributed by atoms with Crippen molar-refractivity contribution in [2.45, 2.75) is 103 Å². The van der Waals surface area contributed by atoms with Crippen molar-refractivity contribution in [3.8, 4) is 84.3 Å². The standard InChI is InChI=1S/C76H66N4O.Pt/c1-73(2,3)51-32-28-48(29-33-51)56-23-16-24-63-64-42-49(50-31-37-65-66(43-50)76(9,10)40-39-75(65,7)8)30-35-59(64)57-20-11-12-21-58(57)62-25-17-27-68-72(62)79(71(56)63)47-78(68)53-18-15-19-54(45-53)81-55-34-36-61-60-22-13-14-26-67(60)80(69(61)46-55)70-44-52(38-41-77-70)74(4,5)6;/h11-38,41-44H,39-40H2,1-10H3;/q-2;/i7D3,8D3,9D3,10D3,31D,37D,39D2,40D2,43D;. The first-order valence-corrected chi connectivity index (χ1v) is 27.0. The molecule has 1 aliphatic heterocycles. The van der Waals surface area contributed by atoms with Gasteiger partial charge in [0.25, 0.3) is 6.33 Å². The summed E-state index contributed by atoms with van der Waals surface area (Å²) in [5, 5.41) is 1.98. The number of nitrogens with zero attached hydrogens (tertiary/aromatic N) is 4. The number of aromatic nitrogens is 4. The fourth-order valence-electron chi connectivity index (χ4n) is 11.6. The molecule has 1 aliphatic carbocycles. The van der Waals surface area contributed by atoms with Crippen LogP contribution in [0.2, 0.25) is 0 Å². The first-order chi connectivity index (χ1) is 46.7. The van der Waals surface area contributed by atoms with Gasteiger partial charge >= 0.3 is 0 Å². The predicted molar refractivity (Wildman–Crippen MR) is 333 cm³/mol. The van der Waals surface area contributed by atoms with Gasteiger partial charge in [-0.3, -0.25) is 4.57 Å². The maximum atomic E-state index is 10.2. The molecule has 0 unspecified atom stereocenters. The molecule has 0 bridgehead atoms. The number of hydrogen-bond acceptors (Lipinski definition) is 2. The van der Waals surface area contributed by atoms with Gasteiger partial charge in [-0.2, -0.15) is 18.2 Å². The van der Waals surface area contributed by atoms with E-state index in [1.807, 2.05) is 137 Å². The normalized spacial score (nSPS) is 19.5. The molecule has 0 atom stereocenters. The number of para-hydroxylation sites is 3. The fourth-order valence-corrected chi connectivity index (χ4v) is 11.6. The van der Waals surface area contributed by atoms with E-state index < -0.39 is 85.8 Å². The molecule has 2 aliphatic rings. The summed E-state index contributed by atoms with van der Waals surface area (Å²) in [5.74, 6) is 1.52. The summed E-state index contributed by atoms with van der Waals surface area (Å²) in [4.78, 5) is 4.86. The van der Waals surface area contributed by atoms with Crippen LogP contribution < -0.4 is 9.30 Å². The van der Waals surface area contributed by atoms with Crippen LogP contribution in [0.15, 0.2) is 194 Å². The van der Waals surface area contributed by atoms with Gasteiger partial charge in [0.05, 0.1) is 20.8 Å². The van der Waals surface area contributed by atoms with E-state index in [4.69, 9.17) is 26.2 Å². The second-order valence-corrected chi connectivity index (χ2v) is 23.1. The Balaban J connectivity index is 0.00000912. The van der Waals surface area contributed by atoms with E-state index in [-0.39, 0.29) is 37.5 Å². The fraction of sp³-hybridized carbons (Fsp3) is 0.211. The van der Waals surface area contributed by atoms with Gasteiger partial charge in [0, 0.05) is 66.2 Å². The van der Waals surface area contributed by atoms with Crippen LogP contribution in [0.3, 0.4) is 0 Å². The molecule has 14 rings (SSSR count). The molecule has 9 aromatic carbocycles. The summed E-state index contributed by atoms with van der Waals surface area (Å²) < 4.78 is 187. The summed E-state index contributed by atoms with van der Waals surface area (Å²) in [5.41, 5.74) is -1.24. The van der Waals surface area contributed by atoms with Gasteiger partial charge in [0.15, 0.2) is 0 Å². The Morgan fingerprint density at radius 2 is 1.21 bits per heavy atom. The van der Waals surface area contributed by atoms with E-state index in [9.17, 15) is 9.60 Å². The van der Waals surface area contributed by atoms with Crippen LogP contribution in [-0.4, -0.2) is 14.1 Å². The third-order valence-corrected chi connectivity index (χ3v) is 15.7. The van der Waals surface area contributed by atoms with E-state index in [0.717, 1.165) is 55.4 Å². The molecule has 0 amide bonds. The summed E-state index contributed by atoms with van der Waals surface area (Å²) in [6.45, 7) is -4.02. The third kappa shape index (κ3) is 8.86. The van der Waals surface area contributed by atoms with E-state index in [1.54, 1.807) is 12.1 Å². The monoisotopic (exact) mass is 1260 g/mol. The number of rotatable bonds is 6. The maximum Gasteiger partial charge on any atom is 0.268 e. The Bertz CT molecular complexity index is 5350. The molecule has 82 heavy (non-hydrogen) atoms. The molecule has 408 valence electrons. The minimum Gasteiger partial charge on any atom is -0.510 e. The first kappa shape index (κ1) is 35.7. The van der Waals surface area contributed by atoms with Crippen LogP contribution in [0, 0.1) is 18.5 Å². The van der Waals surface area contributed by atoms with Gasteiger partial charge in [0.2, 0.25) is 0 Å². The van der Waals surface area contributed by atoms with Crippen LogP contribution in [0.25, 0.3) is 106 Å². The van der Waals surface area contributed by atoms with Gasteiger partial charge in [-0.15, -0.1) is 29.7 Å². The van der Waals surface area contributed by atoms with E-state index in [2.05, 4.69) is 94.9 Å². The minimum absolute atomic E-state index is 0. The minimum atomic E-state index is -4.49. The molecule has 6 heteroatoms. The van der Waals surface area contributed by atoms with Crippen LogP contribution in [0.1, 0.15) is 130 Å². The number of imidazole rings is 1. The van der Waals surface area contributed by atoms with Gasteiger partial charge in [-0.25, -0.2) is 4.98 Å². The number of fused-ring (bicyclic) bond motifs is 11. The zero-order valence-electron chi connectivity index (χ0n) is 64.8. The van der Waals surface area contributed by atoms with Crippen molar-refractivity contribution in [1.82, 2.24) is 14.1 Å². The van der Waals surface area contributed by atoms with E-state index in [0.29, 0.717) is 61.7 Å². The molecule has 12 aromatic rings. The third-order valence-electron chi connectivity index (χ3n) is 15.7. The molecule has 0 saturated heterocycles. The van der Waals surface area contributed by atoms with Crippen LogP contribution in [0.5, 0.6) is 11.5 Å². The molecule has 0 saturated carbocycles. The molecule has 0 spiro atoms. The molecular weight excluding hydrogens is 1180 g/mol. The second-order valence-electron chi connectivity index (χ2n) is 23.1. The topological polar surface area (TPSA) is 35.9 Å². The molecule has 0 N–H and O–H groups in total. The first-order valence-electron chi connectivity index (χ1n) is 36.5. The van der Waals surface area contributed by atoms with Gasteiger partial charge in [0.1, 0.15) is 5.82 Å². The Labute approximate surface area is 523 Å². The molecular formula is C76H66N4OPt-2. The summed E-state index contributed by atoms with van der Waals surface area (Å²) in [6.07, 6.45) is -3.40. The second kappa shape index (κ2) is 19.5. The molecule has 4 heterocycles. The number of benzene rings is 9. The predicted octanol–water partition coefficient (Wildman–Crippen LogP) is 19.2. The van der Waals surface area contributed by atoms with E-state index in [1.165, 1.54) is 6.07 Å². The van der Waals surface area contributed by atoms with Crippen molar-refractivity contribution in [1.29, 1.82) is 0 Å². The molecule has 0 radical (unpaired) electrons. The molecule has 5 nitrogen and oxygen atoms in total. The van der Waals surface area contributed by atoms with Crippen molar-refractivity contribution in [2.75, 3.05) is 0 Å². The van der Waals surface area contributed by atoms with Gasteiger partial charge < -0.3 is 13.9 Å². The number of ether oxygens (including phenoxy) is 1. The van der Waals surface area contributed by atoms with Crippen molar-refractivity contribution >= 4 is 32.8 Å². The maximum absolute atomic E-state index is 10.2. The average Bonchev–Trinajstić information content (AvgIpc) is 1.01. The Hall–Kier alpha value is -8.11. The Kier molecular flexibility index (Phi) is 8.50. The van der Waals surface area contributed by atoms with E-state index >= 15 is 0 Å². The summed E-state index contributed by atoms with van der Waals surface area (Å²) >= 11 is 0. The number of pyridine rings is 1. The molecule has 3 aromatic heterocycles. The Morgan fingerprint density at radius 3 is 1.99 bits per heavy atom. The van der Waals surface area contributed by atoms with Crippen LogP contribution >= 0.6 is 0 Å². The average molecular weight is 1270 g/mol. The zero-order chi connectivity index (χ0) is 71.9. The van der Waals surface area contributed by atoms with Crippen LogP contribution in [-0.2, 0) is 42.7 Å². The van der Waals surface area contributed by atoms with Crippen molar-refractivity contribution in [3.63, 3.8) is 0 Å². The largest absolute Gasteiger partial charge is 0.510 e. The van der Waals surface area contributed by atoms with Gasteiger partial charge in [-0.1, -0.05) is 208 Å². The summed E-state index contributed by atoms with van der Waals surface area (Å²) in [6, 6.07) is 57.3. The van der Waals surface area contributed by atoms with Crippen LogP contribution in [0.4, 0.5) is 0 Å². The molecule has 0 fully saturated rings. The SMILES string of the molecule is [2H]c1c([2H])c2c(c([2H])c1-c1ccc3c(c1)-c1cccc(-c4ccc(C(C)(C)C)cc4)c1-[n+]1[c-]n(-c4[c-]c(Oc5[c-]c6c(cc5)c5ccccc5n6-c5cc(C(C)(C)C)ccn5)ccc4)c4cccc(c41)-c1ccccc1-3)C(C([2H])([2H])[2H])(C([2H])([2H])[2H])C([2H])([2H])C([2H])([2H])C2(C([2H])([2H])[2H])C([2H])([2H])[2H].[Pt]. The van der Waals surface area contributed by atoms with Crippen molar-refractivity contribution < 1.29 is 56.4 Å². The number of hydrogen-bond donors (Lipinski definition) is 0. The quantitative estimate of drug-likeness (QED) is 0.123. The smallest absolute Gasteiger partial charge is 0.268 e.